The largest absolute Gasteiger partial charge is 0.475 e. The lowest BCUT2D eigenvalue weighted by Gasteiger charge is -2.36. The maximum absolute atomic E-state index is 11.5. The van der Waals surface area contributed by atoms with Gasteiger partial charge in [0.15, 0.2) is 0 Å². The molecule has 2 heterocycles. The van der Waals surface area contributed by atoms with Gasteiger partial charge in [-0.1, -0.05) is 18.2 Å². The molecule has 0 aliphatic carbocycles. The third kappa shape index (κ3) is 3.71. The molecule has 5 nitrogen and oxygen atoms in total. The Morgan fingerprint density at radius 3 is 2.88 bits per heavy atom. The van der Waals surface area contributed by atoms with Crippen molar-refractivity contribution in [1.29, 1.82) is 0 Å². The summed E-state index contributed by atoms with van der Waals surface area (Å²) in [5, 5.41) is 21.9. The molecule has 2 aromatic rings. The maximum atomic E-state index is 11.5. The molecule has 1 aromatic heterocycles. The fourth-order valence-corrected chi connectivity index (χ4v) is 4.38. The maximum Gasteiger partial charge on any atom is 0.370 e. The average Bonchev–Trinajstić information content (AvgIpc) is 3.04. The van der Waals surface area contributed by atoms with Gasteiger partial charge >= 0.3 is 5.97 Å². The summed E-state index contributed by atoms with van der Waals surface area (Å²) in [7, 11) is 0. The highest BCUT2D eigenvalue weighted by atomic mass is 32.1. The number of thiophene rings is 1. The number of allylic oxidation sites excluding steroid dienone is 1. The van der Waals surface area contributed by atoms with Gasteiger partial charge in [0.05, 0.1) is 0 Å². The lowest BCUT2D eigenvalue weighted by Crippen LogP contribution is -2.36. The molecular weight excluding hydrogens is 340 g/mol. The number of hydrogen-bond donors (Lipinski definition) is 2. The molecule has 0 fully saturated rings. The van der Waals surface area contributed by atoms with E-state index < -0.39 is 12.3 Å². The van der Waals surface area contributed by atoms with E-state index in [9.17, 15) is 15.0 Å². The second-order valence-electron chi connectivity index (χ2n) is 6.02. The van der Waals surface area contributed by atoms with Crippen LogP contribution in [0.25, 0.3) is 10.1 Å². The molecule has 0 amide bonds. The van der Waals surface area contributed by atoms with E-state index >= 15 is 0 Å². The highest BCUT2D eigenvalue weighted by Crippen LogP contribution is 2.43. The third-order valence-corrected chi connectivity index (χ3v) is 5.47. The summed E-state index contributed by atoms with van der Waals surface area (Å²) in [6, 6.07) is 8.11. The summed E-state index contributed by atoms with van der Waals surface area (Å²) < 4.78 is 12.5. The summed E-state index contributed by atoms with van der Waals surface area (Å²) in [5.74, 6) is -1.33. The predicted octanol–water partition coefficient (Wildman–Crippen LogP) is 3.73. The van der Waals surface area contributed by atoms with E-state index in [1.54, 1.807) is 17.4 Å². The normalized spacial score (nSPS) is 23.3. The monoisotopic (exact) mass is 362 g/mol. The van der Waals surface area contributed by atoms with Gasteiger partial charge in [-0.3, -0.25) is 0 Å². The molecule has 0 spiro atoms. The Balaban J connectivity index is 2.06. The van der Waals surface area contributed by atoms with Gasteiger partial charge in [0.1, 0.15) is 0 Å². The average molecular weight is 362 g/mol. The first-order valence-corrected chi connectivity index (χ1v) is 9.34. The Morgan fingerprint density at radius 2 is 2.16 bits per heavy atom. The number of aliphatic carboxylic acids is 1. The van der Waals surface area contributed by atoms with Crippen molar-refractivity contribution in [3.05, 3.63) is 47.0 Å². The molecular formula is C19H22O5S. The van der Waals surface area contributed by atoms with E-state index in [2.05, 4.69) is 17.5 Å². The molecule has 1 aromatic carbocycles. The molecule has 3 atom stereocenters. The van der Waals surface area contributed by atoms with Crippen LogP contribution in [0.5, 0.6) is 0 Å². The standard InChI is InChI=1S/C19H22O5S/c1-2-23-19-13(7-5-9-20)14(10-16(24-19)18(21)22)15-11-25-17-8-4-3-6-12(15)17/h3-4,6,8,10-11,13-14,19-20H,2,5,7,9H2,1H3,(H,21,22)/t13-,14-,19+/m1/s1. The quantitative estimate of drug-likeness (QED) is 0.785. The van der Waals surface area contributed by atoms with Gasteiger partial charge in [-0.2, -0.15) is 0 Å². The zero-order valence-electron chi connectivity index (χ0n) is 14.1. The van der Waals surface area contributed by atoms with E-state index in [-0.39, 0.29) is 24.2 Å². The van der Waals surface area contributed by atoms with Crippen molar-refractivity contribution in [3.8, 4) is 0 Å². The van der Waals surface area contributed by atoms with Crippen molar-refractivity contribution in [2.45, 2.75) is 32.0 Å². The highest BCUT2D eigenvalue weighted by molar-refractivity contribution is 7.17. The molecule has 134 valence electrons. The number of carbonyl (C=O) groups is 1. The summed E-state index contributed by atoms with van der Waals surface area (Å²) in [5.41, 5.74) is 1.09. The van der Waals surface area contributed by atoms with Gasteiger partial charge in [0.25, 0.3) is 0 Å². The topological polar surface area (TPSA) is 76.0 Å². The van der Waals surface area contributed by atoms with Crippen LogP contribution >= 0.6 is 11.3 Å². The third-order valence-electron chi connectivity index (χ3n) is 4.49. The molecule has 25 heavy (non-hydrogen) atoms. The Kier molecular flexibility index (Phi) is 5.73. The molecule has 1 aliphatic heterocycles. The summed E-state index contributed by atoms with van der Waals surface area (Å²) in [4.78, 5) is 11.5. The fraction of sp³-hybridized carbons (Fsp3) is 0.421. The number of hydrogen-bond acceptors (Lipinski definition) is 5. The minimum Gasteiger partial charge on any atom is -0.475 e. The van der Waals surface area contributed by atoms with Gasteiger partial charge < -0.3 is 19.7 Å². The van der Waals surface area contributed by atoms with E-state index in [1.807, 2.05) is 19.1 Å². The Labute approximate surface area is 150 Å². The zero-order valence-corrected chi connectivity index (χ0v) is 14.9. The number of rotatable bonds is 7. The first kappa shape index (κ1) is 17.9. The van der Waals surface area contributed by atoms with E-state index in [1.165, 1.54) is 4.70 Å². The number of fused-ring (bicyclic) bond motifs is 1. The Morgan fingerprint density at radius 1 is 1.36 bits per heavy atom. The van der Waals surface area contributed by atoms with Crippen molar-refractivity contribution in [2.75, 3.05) is 13.2 Å². The van der Waals surface area contributed by atoms with Crippen molar-refractivity contribution in [2.24, 2.45) is 5.92 Å². The first-order valence-electron chi connectivity index (χ1n) is 8.46. The van der Waals surface area contributed by atoms with Crippen LogP contribution in [0, 0.1) is 5.92 Å². The van der Waals surface area contributed by atoms with Crippen molar-refractivity contribution in [1.82, 2.24) is 0 Å². The summed E-state index contributed by atoms with van der Waals surface area (Å²) in [6.07, 6.45) is 2.37. The minimum absolute atomic E-state index is 0.0480. The van der Waals surface area contributed by atoms with Crippen LogP contribution < -0.4 is 0 Å². The molecule has 3 rings (SSSR count). The van der Waals surface area contributed by atoms with Crippen molar-refractivity contribution >= 4 is 27.4 Å². The molecule has 2 N–H and O–H groups in total. The predicted molar refractivity (Wildman–Crippen MR) is 96.6 cm³/mol. The lowest BCUT2D eigenvalue weighted by atomic mass is 9.80. The number of carboxylic acid groups (broad SMARTS) is 1. The second-order valence-corrected chi connectivity index (χ2v) is 6.93. The lowest BCUT2D eigenvalue weighted by molar-refractivity contribution is -0.173. The van der Waals surface area contributed by atoms with Crippen LogP contribution in [-0.4, -0.2) is 35.7 Å². The van der Waals surface area contributed by atoms with Gasteiger partial charge in [-0.15, -0.1) is 11.3 Å². The minimum atomic E-state index is -1.09. The van der Waals surface area contributed by atoms with E-state index in [4.69, 9.17) is 9.47 Å². The molecule has 0 bridgehead atoms. The molecule has 0 radical (unpaired) electrons. The van der Waals surface area contributed by atoms with Gasteiger partial charge in [0.2, 0.25) is 12.0 Å². The summed E-state index contributed by atoms with van der Waals surface area (Å²) in [6.45, 7) is 2.38. The molecule has 0 saturated heterocycles. The second kappa shape index (κ2) is 7.99. The highest BCUT2D eigenvalue weighted by Gasteiger charge is 2.38. The van der Waals surface area contributed by atoms with E-state index in [0.717, 1.165) is 10.9 Å². The molecule has 6 heteroatoms. The smallest absolute Gasteiger partial charge is 0.370 e. The van der Waals surface area contributed by atoms with Gasteiger partial charge in [-0.25, -0.2) is 4.79 Å². The Bertz CT molecular complexity index is 766. The van der Waals surface area contributed by atoms with Crippen LogP contribution in [0.3, 0.4) is 0 Å². The van der Waals surface area contributed by atoms with Gasteiger partial charge in [0, 0.05) is 29.7 Å². The van der Waals surface area contributed by atoms with Crippen LogP contribution in [0.15, 0.2) is 41.5 Å². The number of carboxylic acids is 1. The SMILES string of the molecule is CCO[C@H]1OC(C(=O)O)=C[C@@H](c2csc3ccccc23)[C@H]1CCCO. The van der Waals surface area contributed by atoms with Crippen LogP contribution in [0.4, 0.5) is 0 Å². The molecule has 0 unspecified atom stereocenters. The molecule has 1 aliphatic rings. The first-order chi connectivity index (χ1) is 12.2. The van der Waals surface area contributed by atoms with Crippen LogP contribution in [-0.2, 0) is 14.3 Å². The van der Waals surface area contributed by atoms with Crippen molar-refractivity contribution < 1.29 is 24.5 Å². The number of aliphatic hydroxyl groups is 1. The zero-order chi connectivity index (χ0) is 17.8. The van der Waals surface area contributed by atoms with Crippen molar-refractivity contribution in [3.63, 3.8) is 0 Å². The number of aliphatic hydroxyl groups excluding tert-OH is 1. The Hall–Kier alpha value is -1.89. The fourth-order valence-electron chi connectivity index (χ4n) is 3.37. The molecule has 0 saturated carbocycles. The number of ether oxygens (including phenoxy) is 2. The van der Waals surface area contributed by atoms with Gasteiger partial charge in [-0.05, 0) is 48.2 Å². The van der Waals surface area contributed by atoms with Crippen LogP contribution in [0.2, 0.25) is 0 Å². The van der Waals surface area contributed by atoms with Crippen LogP contribution in [0.1, 0.15) is 31.2 Å². The van der Waals surface area contributed by atoms with E-state index in [0.29, 0.717) is 19.4 Å². The number of benzene rings is 1. The summed E-state index contributed by atoms with van der Waals surface area (Å²) >= 11 is 1.65.